The third-order valence-electron chi connectivity index (χ3n) is 8.35. The van der Waals surface area contributed by atoms with Gasteiger partial charge in [0.2, 0.25) is 0 Å². The minimum Gasteiger partial charge on any atom is -0.234 e. The highest BCUT2D eigenvalue weighted by Crippen LogP contribution is 2.15. The number of rotatable bonds is 29. The smallest absolute Gasteiger partial charge is 0.234 e. The molecule has 1 aromatic heterocycles. The summed E-state index contributed by atoms with van der Waals surface area (Å²) in [6.45, 7) is 9.37. The molecule has 0 bridgehead atoms. The normalized spacial score (nSPS) is 11.5. The summed E-state index contributed by atoms with van der Waals surface area (Å²) >= 11 is 0. The first-order valence-electron chi connectivity index (χ1n) is 17.4. The van der Waals surface area contributed by atoms with Crippen molar-refractivity contribution in [3.05, 3.63) is 18.2 Å². The Morgan fingerprint density at radius 3 is 1.30 bits per heavy atom. The van der Waals surface area contributed by atoms with Gasteiger partial charge in [-0.3, -0.25) is 0 Å². The van der Waals surface area contributed by atoms with Crippen LogP contribution in [-0.2, 0) is 19.5 Å². The molecule has 37 heavy (non-hydrogen) atoms. The van der Waals surface area contributed by atoms with Crippen molar-refractivity contribution in [2.75, 3.05) is 0 Å². The van der Waals surface area contributed by atoms with Crippen LogP contribution in [0.4, 0.5) is 0 Å². The van der Waals surface area contributed by atoms with E-state index in [0.717, 1.165) is 0 Å². The highest BCUT2D eigenvalue weighted by atomic mass is 15.1. The van der Waals surface area contributed by atoms with Gasteiger partial charge in [-0.2, -0.15) is 0 Å². The first kappa shape index (κ1) is 34.2. The van der Waals surface area contributed by atoms with Crippen LogP contribution in [0.3, 0.4) is 0 Å². The Hall–Kier alpha value is -0.790. The van der Waals surface area contributed by atoms with Crippen molar-refractivity contribution in [3.63, 3.8) is 0 Å². The summed E-state index contributed by atoms with van der Waals surface area (Å²) in [6, 6.07) is 0. The van der Waals surface area contributed by atoms with Crippen LogP contribution in [0.25, 0.3) is 0 Å². The quantitative estimate of drug-likeness (QED) is 0.0737. The van der Waals surface area contributed by atoms with Gasteiger partial charge in [0, 0.05) is 6.42 Å². The van der Waals surface area contributed by atoms with Crippen LogP contribution >= 0.6 is 0 Å². The molecule has 0 saturated heterocycles. The van der Waals surface area contributed by atoms with Crippen LogP contribution < -0.4 is 4.57 Å². The molecule has 0 aliphatic carbocycles. The van der Waals surface area contributed by atoms with Gasteiger partial charge in [0.05, 0.1) is 13.1 Å². The van der Waals surface area contributed by atoms with Crippen LogP contribution in [0.15, 0.2) is 12.4 Å². The molecule has 0 atom stereocenters. The van der Waals surface area contributed by atoms with Gasteiger partial charge in [-0.25, -0.2) is 9.13 Å². The Labute approximate surface area is 234 Å². The summed E-state index contributed by atoms with van der Waals surface area (Å²) < 4.78 is 5.19. The largest absolute Gasteiger partial charge is 0.256 e. The fourth-order valence-corrected chi connectivity index (χ4v) is 5.80. The fourth-order valence-electron chi connectivity index (χ4n) is 5.80. The lowest BCUT2D eigenvalue weighted by atomic mass is 10.0. The maximum absolute atomic E-state index is 2.61. The van der Waals surface area contributed by atoms with E-state index in [0.29, 0.717) is 0 Å². The predicted molar refractivity (Wildman–Crippen MR) is 165 cm³/mol. The Bertz CT molecular complexity index is 576. The monoisotopic (exact) mass is 518 g/mol. The lowest BCUT2D eigenvalue weighted by Gasteiger charge is -2.07. The molecular formula is C35H69N2+. The average molecular weight is 518 g/mol. The van der Waals surface area contributed by atoms with E-state index in [1.807, 2.05) is 0 Å². The van der Waals surface area contributed by atoms with E-state index in [1.165, 1.54) is 186 Å². The van der Waals surface area contributed by atoms with Crippen LogP contribution in [-0.4, -0.2) is 4.57 Å². The number of hydrogen-bond acceptors (Lipinski definition) is 0. The van der Waals surface area contributed by atoms with Crippen molar-refractivity contribution in [3.8, 4) is 0 Å². The summed E-state index contributed by atoms with van der Waals surface area (Å²) in [4.78, 5) is 0. The number of nitrogens with zero attached hydrogens (tertiary/aromatic N) is 2. The predicted octanol–water partition coefficient (Wildman–Crippen LogP) is 11.5. The molecule has 0 saturated carbocycles. The molecule has 2 heteroatoms. The van der Waals surface area contributed by atoms with Crippen molar-refractivity contribution in [1.29, 1.82) is 0 Å². The second kappa shape index (κ2) is 26.8. The Morgan fingerprint density at radius 2 is 0.838 bits per heavy atom. The van der Waals surface area contributed by atoms with E-state index in [-0.39, 0.29) is 0 Å². The second-order valence-electron chi connectivity index (χ2n) is 12.0. The van der Waals surface area contributed by atoms with E-state index in [1.54, 1.807) is 5.82 Å². The minimum atomic E-state index is 1.21. The molecule has 1 heterocycles. The van der Waals surface area contributed by atoms with Gasteiger partial charge in [-0.15, -0.1) is 0 Å². The van der Waals surface area contributed by atoms with E-state index < -0.39 is 0 Å². The molecule has 0 N–H and O–H groups in total. The van der Waals surface area contributed by atoms with Crippen molar-refractivity contribution in [1.82, 2.24) is 4.57 Å². The van der Waals surface area contributed by atoms with Gasteiger partial charge in [0.25, 0.3) is 5.82 Å². The molecule has 0 spiro atoms. The molecule has 0 amide bonds. The van der Waals surface area contributed by atoms with E-state index in [2.05, 4.69) is 42.3 Å². The summed E-state index contributed by atoms with van der Waals surface area (Å²) in [5, 5.41) is 0. The second-order valence-corrected chi connectivity index (χ2v) is 12.0. The Balaban J connectivity index is 2.15. The van der Waals surface area contributed by atoms with Crippen LogP contribution in [0.2, 0.25) is 0 Å². The van der Waals surface area contributed by atoms with E-state index in [9.17, 15) is 0 Å². The molecule has 1 aromatic rings. The molecule has 0 aliphatic rings. The molecule has 218 valence electrons. The van der Waals surface area contributed by atoms with Gasteiger partial charge in [-0.05, 0) is 32.1 Å². The number of aromatic nitrogens is 2. The van der Waals surface area contributed by atoms with Crippen molar-refractivity contribution < 1.29 is 4.57 Å². The van der Waals surface area contributed by atoms with E-state index in [4.69, 9.17) is 0 Å². The zero-order valence-electron chi connectivity index (χ0n) is 26.1. The minimum absolute atomic E-state index is 1.21. The first-order valence-corrected chi connectivity index (χ1v) is 17.4. The topological polar surface area (TPSA) is 8.81 Å². The first-order chi connectivity index (χ1) is 18.3. The van der Waals surface area contributed by atoms with E-state index >= 15 is 0 Å². The third-order valence-corrected chi connectivity index (χ3v) is 8.35. The number of imidazole rings is 1. The highest BCUT2D eigenvalue weighted by molar-refractivity contribution is 4.84. The lowest BCUT2D eigenvalue weighted by molar-refractivity contribution is -0.704. The summed E-state index contributed by atoms with van der Waals surface area (Å²) in [6.07, 6.45) is 43.0. The molecular weight excluding hydrogens is 448 g/mol. The van der Waals surface area contributed by atoms with Crippen molar-refractivity contribution in [2.24, 2.45) is 0 Å². The molecule has 2 nitrogen and oxygen atoms in total. The fraction of sp³-hybridized carbons (Fsp3) is 0.914. The van der Waals surface area contributed by atoms with Crippen molar-refractivity contribution in [2.45, 2.75) is 207 Å². The SMILES string of the molecule is CCCCCCCCCCCCCCCCCn1cc[n+](CCCCC)c1CCCCCCCCCC. The zero-order valence-corrected chi connectivity index (χ0v) is 26.1. The molecule has 0 aliphatic heterocycles. The van der Waals surface area contributed by atoms with Crippen molar-refractivity contribution >= 4 is 0 Å². The molecule has 0 fully saturated rings. The summed E-state index contributed by atoms with van der Waals surface area (Å²) in [5.74, 6) is 1.60. The molecule has 0 unspecified atom stereocenters. The average Bonchev–Trinajstić information content (AvgIpc) is 3.29. The van der Waals surface area contributed by atoms with Gasteiger partial charge >= 0.3 is 0 Å². The third kappa shape index (κ3) is 19.9. The highest BCUT2D eigenvalue weighted by Gasteiger charge is 2.16. The standard InChI is InChI=1S/C35H69N2/c1-4-7-10-12-14-16-17-18-19-20-21-22-24-26-29-32-37-34-33-36(31-28-9-6-3)35(37)30-27-25-23-15-13-11-8-5-2/h33-34H,4-32H2,1-3H3/q+1. The number of hydrogen-bond donors (Lipinski definition) is 0. The maximum atomic E-state index is 2.61. The van der Waals surface area contributed by atoms with Gasteiger partial charge in [0.15, 0.2) is 0 Å². The van der Waals surface area contributed by atoms with Crippen LogP contribution in [0.5, 0.6) is 0 Å². The number of unbranched alkanes of at least 4 members (excludes halogenated alkanes) is 23. The summed E-state index contributed by atoms with van der Waals surface area (Å²) in [5.41, 5.74) is 0. The van der Waals surface area contributed by atoms with Gasteiger partial charge in [-0.1, -0.05) is 156 Å². The summed E-state index contributed by atoms with van der Waals surface area (Å²) in [7, 11) is 0. The zero-order chi connectivity index (χ0) is 26.7. The van der Waals surface area contributed by atoms with Gasteiger partial charge in [0.1, 0.15) is 12.4 Å². The van der Waals surface area contributed by atoms with Crippen LogP contribution in [0.1, 0.15) is 194 Å². The molecule has 0 aromatic carbocycles. The Kier molecular flexibility index (Phi) is 24.8. The lowest BCUT2D eigenvalue weighted by Crippen LogP contribution is -2.37. The van der Waals surface area contributed by atoms with Crippen LogP contribution in [0, 0.1) is 0 Å². The Morgan fingerprint density at radius 1 is 0.459 bits per heavy atom. The molecule has 1 rings (SSSR count). The molecule has 0 radical (unpaired) electrons. The maximum Gasteiger partial charge on any atom is 0.256 e. The number of aryl methyl sites for hydroxylation is 2. The van der Waals surface area contributed by atoms with Gasteiger partial charge < -0.3 is 0 Å².